The van der Waals surface area contributed by atoms with Crippen molar-refractivity contribution in [3.05, 3.63) is 35.2 Å². The SMILES string of the molecule is O=C(O)CCCc1nnc(Nc2cccc3c2CN(C2CCC(=O)NC2=O)C3=O)o1. The lowest BCUT2D eigenvalue weighted by Crippen LogP contribution is -2.52. The molecule has 0 saturated carbocycles. The zero-order chi connectivity index (χ0) is 21.3. The number of benzene rings is 1. The topological polar surface area (TPSA) is 155 Å². The molecule has 1 saturated heterocycles. The van der Waals surface area contributed by atoms with Crippen LogP contribution in [0.4, 0.5) is 11.7 Å². The number of rotatable bonds is 7. The number of carboxylic acid groups (broad SMARTS) is 1. The van der Waals surface area contributed by atoms with Crippen LogP contribution in [0, 0.1) is 0 Å². The van der Waals surface area contributed by atoms with Crippen LogP contribution in [-0.2, 0) is 27.3 Å². The van der Waals surface area contributed by atoms with Crippen molar-refractivity contribution >= 4 is 35.4 Å². The second kappa shape index (κ2) is 7.93. The Balaban J connectivity index is 1.48. The van der Waals surface area contributed by atoms with E-state index < -0.39 is 17.9 Å². The Morgan fingerprint density at radius 1 is 1.30 bits per heavy atom. The molecule has 30 heavy (non-hydrogen) atoms. The normalized spacial score (nSPS) is 18.3. The summed E-state index contributed by atoms with van der Waals surface area (Å²) in [7, 11) is 0. The Morgan fingerprint density at radius 3 is 2.90 bits per heavy atom. The first kappa shape index (κ1) is 19.6. The molecule has 1 aromatic carbocycles. The highest BCUT2D eigenvalue weighted by molar-refractivity contribution is 6.06. The number of aromatic nitrogens is 2. The standard InChI is InChI=1S/C19H19N5O6/c25-14-8-7-13(17(28)21-14)24-9-11-10(18(24)29)3-1-4-12(11)20-19-23-22-15(30-19)5-2-6-16(26)27/h1,3-4,13H,2,5-9H2,(H,20,23)(H,26,27)(H,21,25,28). The zero-order valence-electron chi connectivity index (χ0n) is 15.9. The molecule has 11 nitrogen and oxygen atoms in total. The van der Waals surface area contributed by atoms with E-state index in [1.807, 2.05) is 0 Å². The van der Waals surface area contributed by atoms with E-state index in [0.717, 1.165) is 0 Å². The summed E-state index contributed by atoms with van der Waals surface area (Å²) >= 11 is 0. The van der Waals surface area contributed by atoms with Crippen molar-refractivity contribution in [2.45, 2.75) is 44.7 Å². The Morgan fingerprint density at radius 2 is 2.13 bits per heavy atom. The first-order valence-corrected chi connectivity index (χ1v) is 9.50. The predicted molar refractivity (Wildman–Crippen MR) is 101 cm³/mol. The number of hydrogen-bond donors (Lipinski definition) is 3. The molecule has 2 aliphatic heterocycles. The van der Waals surface area contributed by atoms with Gasteiger partial charge in [-0.3, -0.25) is 24.5 Å². The lowest BCUT2D eigenvalue weighted by atomic mass is 10.0. The smallest absolute Gasteiger partial charge is 0.320 e. The third kappa shape index (κ3) is 3.86. The van der Waals surface area contributed by atoms with Crippen LogP contribution in [0.5, 0.6) is 0 Å². The van der Waals surface area contributed by atoms with Gasteiger partial charge >= 0.3 is 12.0 Å². The summed E-state index contributed by atoms with van der Waals surface area (Å²) in [6.45, 7) is 0.212. The summed E-state index contributed by atoms with van der Waals surface area (Å²) in [6, 6.07) is 4.58. The molecule has 1 fully saturated rings. The average Bonchev–Trinajstić information content (AvgIpc) is 3.27. The fraction of sp³-hybridized carbons (Fsp3) is 0.368. The monoisotopic (exact) mass is 413 g/mol. The van der Waals surface area contributed by atoms with Gasteiger partial charge in [0.05, 0.1) is 0 Å². The molecule has 1 atom stereocenters. The number of nitrogens with zero attached hydrogens (tertiary/aromatic N) is 3. The molecule has 3 heterocycles. The number of carbonyl (C=O) groups is 4. The Hall–Kier alpha value is -3.76. The molecule has 1 unspecified atom stereocenters. The summed E-state index contributed by atoms with van der Waals surface area (Å²) in [4.78, 5) is 48.5. The second-order valence-corrected chi connectivity index (χ2v) is 7.10. The van der Waals surface area contributed by atoms with Crippen LogP contribution in [0.1, 0.15) is 47.5 Å². The average molecular weight is 413 g/mol. The maximum absolute atomic E-state index is 12.8. The lowest BCUT2D eigenvalue weighted by molar-refractivity contribution is -0.138. The van der Waals surface area contributed by atoms with E-state index in [2.05, 4.69) is 20.8 Å². The van der Waals surface area contributed by atoms with Gasteiger partial charge in [-0.05, 0) is 25.0 Å². The van der Waals surface area contributed by atoms with Crippen LogP contribution in [0.25, 0.3) is 0 Å². The molecule has 3 N–H and O–H groups in total. The van der Waals surface area contributed by atoms with Gasteiger partial charge in [-0.2, -0.15) is 0 Å². The number of aliphatic carboxylic acids is 1. The van der Waals surface area contributed by atoms with E-state index in [0.29, 0.717) is 35.5 Å². The number of aryl methyl sites for hydroxylation is 1. The van der Waals surface area contributed by atoms with Gasteiger partial charge in [-0.15, -0.1) is 5.10 Å². The van der Waals surface area contributed by atoms with Crippen molar-refractivity contribution < 1.29 is 28.7 Å². The highest BCUT2D eigenvalue weighted by Crippen LogP contribution is 2.33. The molecule has 1 aromatic heterocycles. The van der Waals surface area contributed by atoms with Crippen LogP contribution in [0.3, 0.4) is 0 Å². The van der Waals surface area contributed by atoms with Gasteiger partial charge in [0.2, 0.25) is 17.7 Å². The number of imide groups is 1. The molecule has 0 spiro atoms. The molecule has 0 bridgehead atoms. The summed E-state index contributed by atoms with van der Waals surface area (Å²) in [5, 5.41) is 21.8. The number of amides is 3. The Kier molecular flexibility index (Phi) is 5.17. The highest BCUT2D eigenvalue weighted by Gasteiger charge is 2.39. The number of nitrogens with one attached hydrogen (secondary N) is 2. The summed E-state index contributed by atoms with van der Waals surface area (Å²) in [5.74, 6) is -1.66. The van der Waals surface area contributed by atoms with E-state index >= 15 is 0 Å². The molecule has 156 valence electrons. The summed E-state index contributed by atoms with van der Waals surface area (Å²) in [5.41, 5.74) is 1.75. The summed E-state index contributed by atoms with van der Waals surface area (Å²) in [6.07, 6.45) is 1.21. The fourth-order valence-electron chi connectivity index (χ4n) is 3.61. The molecule has 2 aromatic rings. The number of fused-ring (bicyclic) bond motifs is 1. The molecule has 0 radical (unpaired) electrons. The van der Waals surface area contributed by atoms with Crippen LogP contribution in [0.2, 0.25) is 0 Å². The van der Waals surface area contributed by atoms with Gasteiger partial charge in [0.15, 0.2) is 0 Å². The minimum Gasteiger partial charge on any atom is -0.481 e. The molecule has 2 aliphatic rings. The molecule has 11 heteroatoms. The second-order valence-electron chi connectivity index (χ2n) is 7.10. The van der Waals surface area contributed by atoms with Crippen molar-refractivity contribution in [2.24, 2.45) is 0 Å². The maximum Gasteiger partial charge on any atom is 0.320 e. The van der Waals surface area contributed by atoms with Gasteiger partial charge in [0.1, 0.15) is 6.04 Å². The van der Waals surface area contributed by atoms with Crippen LogP contribution in [0.15, 0.2) is 22.6 Å². The van der Waals surface area contributed by atoms with Gasteiger partial charge in [0, 0.05) is 42.6 Å². The minimum absolute atomic E-state index is 0.00955. The largest absolute Gasteiger partial charge is 0.481 e. The molecular weight excluding hydrogens is 394 g/mol. The maximum atomic E-state index is 12.8. The quantitative estimate of drug-likeness (QED) is 0.563. The molecule has 0 aliphatic carbocycles. The third-order valence-electron chi connectivity index (χ3n) is 5.07. The van der Waals surface area contributed by atoms with E-state index in [1.54, 1.807) is 18.2 Å². The van der Waals surface area contributed by atoms with Gasteiger partial charge in [-0.1, -0.05) is 11.2 Å². The minimum atomic E-state index is -0.891. The van der Waals surface area contributed by atoms with E-state index in [4.69, 9.17) is 9.52 Å². The number of piperidine rings is 1. The van der Waals surface area contributed by atoms with Crippen molar-refractivity contribution in [3.8, 4) is 0 Å². The van der Waals surface area contributed by atoms with Gasteiger partial charge in [-0.25, -0.2) is 0 Å². The number of anilines is 2. The third-order valence-corrected chi connectivity index (χ3v) is 5.07. The van der Waals surface area contributed by atoms with Gasteiger partial charge in [0.25, 0.3) is 5.91 Å². The fourth-order valence-corrected chi connectivity index (χ4v) is 3.61. The van der Waals surface area contributed by atoms with Crippen LogP contribution in [-0.4, -0.2) is 49.9 Å². The van der Waals surface area contributed by atoms with Gasteiger partial charge < -0.3 is 19.7 Å². The van der Waals surface area contributed by atoms with Crippen LogP contribution < -0.4 is 10.6 Å². The van der Waals surface area contributed by atoms with Crippen molar-refractivity contribution in [1.29, 1.82) is 0 Å². The number of carbonyl (C=O) groups excluding carboxylic acids is 3. The summed E-state index contributed by atoms with van der Waals surface area (Å²) < 4.78 is 5.50. The first-order valence-electron chi connectivity index (χ1n) is 9.50. The zero-order valence-corrected chi connectivity index (χ0v) is 15.9. The number of hydrogen-bond acceptors (Lipinski definition) is 8. The van der Waals surface area contributed by atoms with Crippen molar-refractivity contribution in [1.82, 2.24) is 20.4 Å². The number of carboxylic acids is 1. The van der Waals surface area contributed by atoms with E-state index in [9.17, 15) is 19.2 Å². The van der Waals surface area contributed by atoms with E-state index in [-0.39, 0.29) is 43.6 Å². The van der Waals surface area contributed by atoms with Crippen molar-refractivity contribution in [2.75, 3.05) is 5.32 Å². The van der Waals surface area contributed by atoms with Crippen LogP contribution >= 0.6 is 0 Å². The van der Waals surface area contributed by atoms with E-state index in [1.165, 1.54) is 4.90 Å². The molecule has 3 amide bonds. The lowest BCUT2D eigenvalue weighted by Gasteiger charge is -2.29. The molecule has 4 rings (SSSR count). The Bertz CT molecular complexity index is 1030. The Labute approximate surface area is 170 Å². The highest BCUT2D eigenvalue weighted by atomic mass is 16.4. The predicted octanol–water partition coefficient (Wildman–Crippen LogP) is 0.981. The van der Waals surface area contributed by atoms with Crippen molar-refractivity contribution in [3.63, 3.8) is 0 Å². The first-order chi connectivity index (χ1) is 14.4. The molecular formula is C19H19N5O6.